The van der Waals surface area contributed by atoms with Crippen LogP contribution in [0.15, 0.2) is 23.1 Å². The van der Waals surface area contributed by atoms with Gasteiger partial charge < -0.3 is 10.4 Å². The number of phenols is 1. The summed E-state index contributed by atoms with van der Waals surface area (Å²) in [4.78, 5) is 0.252. The molecule has 0 unspecified atom stereocenters. The summed E-state index contributed by atoms with van der Waals surface area (Å²) in [5.41, 5.74) is 0.723. The molecule has 0 amide bonds. The van der Waals surface area contributed by atoms with Gasteiger partial charge in [0.15, 0.2) is 9.84 Å². The van der Waals surface area contributed by atoms with Crippen molar-refractivity contribution in [2.24, 2.45) is 0 Å². The molecule has 1 heterocycles. The molecule has 1 aromatic rings. The summed E-state index contributed by atoms with van der Waals surface area (Å²) in [6, 6.07) is 4.46. The van der Waals surface area contributed by atoms with E-state index in [-0.39, 0.29) is 16.4 Å². The van der Waals surface area contributed by atoms with Crippen LogP contribution in [0.4, 0.5) is 0 Å². The molecule has 2 rings (SSSR count). The zero-order chi connectivity index (χ0) is 10.2. The zero-order valence-electron chi connectivity index (χ0n) is 7.53. The van der Waals surface area contributed by atoms with Crippen LogP contribution in [0, 0.1) is 0 Å². The molecule has 0 saturated heterocycles. The number of rotatable bonds is 0. The Morgan fingerprint density at radius 2 is 2.14 bits per heavy atom. The number of hydrogen-bond donors (Lipinski definition) is 2. The van der Waals surface area contributed by atoms with E-state index in [1.165, 1.54) is 12.1 Å². The van der Waals surface area contributed by atoms with Crippen molar-refractivity contribution >= 4 is 9.84 Å². The number of hydrogen-bond acceptors (Lipinski definition) is 4. The van der Waals surface area contributed by atoms with Crippen LogP contribution < -0.4 is 5.32 Å². The number of aromatic hydroxyl groups is 1. The average Bonchev–Trinajstić information content (AvgIpc) is 2.26. The monoisotopic (exact) mass is 213 g/mol. The molecule has 2 N–H and O–H groups in total. The summed E-state index contributed by atoms with van der Waals surface area (Å²) in [5.74, 6) is 0.0814. The topological polar surface area (TPSA) is 66.4 Å². The van der Waals surface area contributed by atoms with Crippen LogP contribution in [-0.2, 0) is 16.4 Å². The molecule has 5 heteroatoms. The average molecular weight is 213 g/mol. The van der Waals surface area contributed by atoms with Crippen molar-refractivity contribution in [1.82, 2.24) is 5.32 Å². The number of fused-ring (bicyclic) bond motifs is 1. The van der Waals surface area contributed by atoms with Crippen molar-refractivity contribution in [2.45, 2.75) is 11.4 Å². The van der Waals surface area contributed by atoms with Crippen LogP contribution in [0.1, 0.15) is 5.56 Å². The first-order chi connectivity index (χ1) is 6.59. The molecule has 0 aliphatic carbocycles. The van der Waals surface area contributed by atoms with E-state index >= 15 is 0 Å². The fourth-order valence-electron chi connectivity index (χ4n) is 1.52. The number of nitrogens with one attached hydrogen (secondary N) is 1. The molecular formula is C9H11NO3S. The lowest BCUT2D eigenvalue weighted by Gasteiger charge is -2.05. The molecule has 1 aliphatic heterocycles. The Kier molecular flexibility index (Phi) is 2.20. The molecular weight excluding hydrogens is 202 g/mol. The lowest BCUT2D eigenvalue weighted by molar-refractivity contribution is 0.472. The Balaban J connectivity index is 2.64. The van der Waals surface area contributed by atoms with Crippen LogP contribution in [0.3, 0.4) is 0 Å². The van der Waals surface area contributed by atoms with Gasteiger partial charge in [-0.05, 0) is 17.7 Å². The Morgan fingerprint density at radius 1 is 1.36 bits per heavy atom. The van der Waals surface area contributed by atoms with Crippen LogP contribution in [0.25, 0.3) is 0 Å². The van der Waals surface area contributed by atoms with E-state index in [0.717, 1.165) is 5.56 Å². The van der Waals surface area contributed by atoms with Crippen molar-refractivity contribution < 1.29 is 13.5 Å². The van der Waals surface area contributed by atoms with Crippen molar-refractivity contribution in [3.05, 3.63) is 23.8 Å². The summed E-state index contributed by atoms with van der Waals surface area (Å²) in [7, 11) is -3.22. The Bertz CT molecular complexity index is 453. The first-order valence-electron chi connectivity index (χ1n) is 4.35. The fraction of sp³-hybridized carbons (Fsp3) is 0.333. The van der Waals surface area contributed by atoms with Gasteiger partial charge in [-0.3, -0.25) is 0 Å². The second-order valence-corrected chi connectivity index (χ2v) is 5.37. The quantitative estimate of drug-likeness (QED) is 0.649. The van der Waals surface area contributed by atoms with Gasteiger partial charge in [0.1, 0.15) is 5.75 Å². The normalized spacial score (nSPS) is 19.7. The maximum atomic E-state index is 11.7. The van der Waals surface area contributed by atoms with Gasteiger partial charge in [0.2, 0.25) is 0 Å². The molecule has 0 saturated carbocycles. The van der Waals surface area contributed by atoms with E-state index in [1.54, 1.807) is 6.07 Å². The minimum Gasteiger partial charge on any atom is -0.508 e. The summed E-state index contributed by atoms with van der Waals surface area (Å²) in [5, 5.41) is 12.2. The third kappa shape index (κ3) is 1.60. The lowest BCUT2D eigenvalue weighted by Crippen LogP contribution is -2.17. The summed E-state index contributed by atoms with van der Waals surface area (Å²) < 4.78 is 23.4. The molecule has 0 fully saturated rings. The predicted octanol–water partition coefficient (Wildman–Crippen LogP) is 0.269. The lowest BCUT2D eigenvalue weighted by atomic mass is 10.2. The van der Waals surface area contributed by atoms with E-state index in [4.69, 9.17) is 0 Å². The third-order valence-corrected chi connectivity index (χ3v) is 4.04. The van der Waals surface area contributed by atoms with Gasteiger partial charge in [-0.25, -0.2) is 8.42 Å². The number of benzene rings is 1. The Hall–Kier alpha value is -1.07. The highest BCUT2D eigenvalue weighted by Gasteiger charge is 2.21. The number of phenolic OH excluding ortho intramolecular Hbond substituents is 1. The van der Waals surface area contributed by atoms with E-state index in [2.05, 4.69) is 5.32 Å². The SMILES string of the molecule is O=S1(=O)CCNCc2ccc(O)cc21. The second-order valence-electron chi connectivity index (χ2n) is 3.29. The molecule has 1 aliphatic rings. The molecule has 0 atom stereocenters. The standard InChI is InChI=1S/C9H11NO3S/c11-8-2-1-7-6-10-3-4-14(12,13)9(7)5-8/h1-2,5,10-11H,3-4,6H2. The molecule has 0 bridgehead atoms. The highest BCUT2D eigenvalue weighted by Crippen LogP contribution is 2.23. The number of sulfone groups is 1. The molecule has 0 spiro atoms. The van der Waals surface area contributed by atoms with Crippen LogP contribution in [-0.4, -0.2) is 25.8 Å². The van der Waals surface area contributed by atoms with Crippen molar-refractivity contribution in [1.29, 1.82) is 0 Å². The summed E-state index contributed by atoms with van der Waals surface area (Å²) >= 11 is 0. The van der Waals surface area contributed by atoms with Crippen molar-refractivity contribution in [3.8, 4) is 5.75 Å². The summed E-state index contributed by atoms with van der Waals surface area (Å²) in [6.07, 6.45) is 0. The minimum atomic E-state index is -3.22. The van der Waals surface area contributed by atoms with Crippen molar-refractivity contribution in [2.75, 3.05) is 12.3 Å². The van der Waals surface area contributed by atoms with Gasteiger partial charge in [-0.2, -0.15) is 0 Å². The predicted molar refractivity (Wildman–Crippen MR) is 51.9 cm³/mol. The van der Waals surface area contributed by atoms with Gasteiger partial charge in [0.25, 0.3) is 0 Å². The van der Waals surface area contributed by atoms with Crippen molar-refractivity contribution in [3.63, 3.8) is 0 Å². The van der Waals surface area contributed by atoms with E-state index in [0.29, 0.717) is 13.1 Å². The molecule has 76 valence electrons. The van der Waals surface area contributed by atoms with E-state index in [9.17, 15) is 13.5 Å². The zero-order valence-corrected chi connectivity index (χ0v) is 8.34. The van der Waals surface area contributed by atoms with E-state index < -0.39 is 9.84 Å². The maximum absolute atomic E-state index is 11.7. The Morgan fingerprint density at radius 3 is 2.93 bits per heavy atom. The van der Waals surface area contributed by atoms with Crippen LogP contribution >= 0.6 is 0 Å². The van der Waals surface area contributed by atoms with Gasteiger partial charge >= 0.3 is 0 Å². The molecule has 0 radical (unpaired) electrons. The first-order valence-corrected chi connectivity index (χ1v) is 6.00. The van der Waals surface area contributed by atoms with E-state index in [1.807, 2.05) is 0 Å². The molecule has 4 nitrogen and oxygen atoms in total. The molecule has 1 aromatic carbocycles. The summed E-state index contributed by atoms with van der Waals surface area (Å²) in [6.45, 7) is 0.993. The largest absolute Gasteiger partial charge is 0.508 e. The maximum Gasteiger partial charge on any atom is 0.180 e. The smallest absolute Gasteiger partial charge is 0.180 e. The third-order valence-electron chi connectivity index (χ3n) is 2.25. The molecule has 14 heavy (non-hydrogen) atoms. The highest BCUT2D eigenvalue weighted by atomic mass is 32.2. The first kappa shape index (κ1) is 9.48. The van der Waals surface area contributed by atoms with Crippen LogP contribution in [0.5, 0.6) is 5.75 Å². The minimum absolute atomic E-state index is 0.00535. The molecule has 0 aromatic heterocycles. The van der Waals surface area contributed by atoms with Gasteiger partial charge in [0, 0.05) is 13.1 Å². The highest BCUT2D eigenvalue weighted by molar-refractivity contribution is 7.91. The van der Waals surface area contributed by atoms with Gasteiger partial charge in [-0.15, -0.1) is 0 Å². The van der Waals surface area contributed by atoms with Crippen LogP contribution in [0.2, 0.25) is 0 Å². The second kappa shape index (κ2) is 3.25. The van der Waals surface area contributed by atoms with Gasteiger partial charge in [-0.1, -0.05) is 6.07 Å². The van der Waals surface area contributed by atoms with Gasteiger partial charge in [0.05, 0.1) is 10.6 Å². The Labute approximate surface area is 82.5 Å². The fourth-order valence-corrected chi connectivity index (χ4v) is 2.99.